The van der Waals surface area contributed by atoms with Crippen LogP contribution in [0.4, 0.5) is 4.39 Å². The number of aliphatic hydroxyl groups excluding tert-OH is 2. The van der Waals surface area contributed by atoms with Gasteiger partial charge in [0.2, 0.25) is 5.78 Å². The Hall–Kier alpha value is -3.24. The minimum atomic E-state index is -2.71. The molecule has 3 aliphatic rings. The van der Waals surface area contributed by atoms with Crippen LogP contribution in [0.15, 0.2) is 28.7 Å². The van der Waals surface area contributed by atoms with E-state index < -0.39 is 69.6 Å². The largest absolute Gasteiger partial charge is 0.510 e. The van der Waals surface area contributed by atoms with Crippen molar-refractivity contribution in [2.24, 2.45) is 17.6 Å². The number of hydrogen-bond donors (Lipinski definition) is 5. The normalized spacial score (nSPS) is 29.8. The molecule has 9 nitrogen and oxygen atoms in total. The molecule has 1 aromatic rings. The zero-order chi connectivity index (χ0) is 23.9. The molecule has 1 aromatic carbocycles. The Morgan fingerprint density at radius 1 is 1.25 bits per heavy atom. The number of rotatable bonds is 2. The molecule has 0 unspecified atom stereocenters. The van der Waals surface area contributed by atoms with Gasteiger partial charge in [-0.2, -0.15) is 0 Å². The molecule has 0 saturated carbocycles. The third-order valence-electron chi connectivity index (χ3n) is 6.90. The van der Waals surface area contributed by atoms with Crippen molar-refractivity contribution in [1.82, 2.24) is 4.90 Å². The molecule has 4 atom stereocenters. The van der Waals surface area contributed by atoms with Crippen LogP contribution in [-0.2, 0) is 16.0 Å². The summed E-state index contributed by atoms with van der Waals surface area (Å²) in [5.41, 5.74) is 1.88. The number of primary amides is 1. The molecule has 4 rings (SSSR count). The smallest absolute Gasteiger partial charge is 0.255 e. The van der Waals surface area contributed by atoms with Gasteiger partial charge in [-0.15, -0.1) is 0 Å². The quantitative estimate of drug-likeness (QED) is 0.412. The summed E-state index contributed by atoms with van der Waals surface area (Å²) in [6.45, 7) is 1.59. The van der Waals surface area contributed by atoms with E-state index in [1.165, 1.54) is 4.90 Å². The summed E-state index contributed by atoms with van der Waals surface area (Å²) in [7, 11) is 3.11. The van der Waals surface area contributed by atoms with E-state index in [0.717, 1.165) is 6.07 Å². The van der Waals surface area contributed by atoms with E-state index in [2.05, 4.69) is 0 Å². The second-order valence-electron chi connectivity index (χ2n) is 8.84. The molecule has 0 spiro atoms. The molecule has 0 heterocycles. The molecule has 0 fully saturated rings. The van der Waals surface area contributed by atoms with Crippen molar-refractivity contribution >= 4 is 17.5 Å². The van der Waals surface area contributed by atoms with E-state index in [4.69, 9.17) is 5.73 Å². The first-order chi connectivity index (χ1) is 14.8. The fourth-order valence-electron chi connectivity index (χ4n) is 5.46. The maximum atomic E-state index is 14.1. The lowest BCUT2D eigenvalue weighted by Crippen LogP contribution is -2.63. The number of Topliss-reactive ketones (excluding diaryl/α,β-unsaturated/α-hetero) is 2. The van der Waals surface area contributed by atoms with Crippen LogP contribution in [-0.4, -0.2) is 68.5 Å². The minimum Gasteiger partial charge on any atom is -0.510 e. The number of carbonyl (C=O) groups is 3. The van der Waals surface area contributed by atoms with Gasteiger partial charge in [-0.3, -0.25) is 19.3 Å². The standard InChI is InChI=1S/C22H23FN2O7/c1-7-4-11(23)16(26)13-9(7)5-8-6-10-15(25(2)3)18(28)14(21(24)31)20(30)22(10,32)19(29)12(8)17(13)27/h4,8,10,15,26,28-29,32H,5-6H2,1-3H3,(H2,24,31)/t8-,10-,15-,22-/m0/s1. The fraction of sp³-hybridized carbons (Fsp3) is 0.409. The Kier molecular flexibility index (Phi) is 4.72. The van der Waals surface area contributed by atoms with E-state index in [-0.39, 0.29) is 24.0 Å². The number of aryl methyl sites for hydroxylation is 1. The van der Waals surface area contributed by atoms with Gasteiger partial charge in [-0.05, 0) is 57.0 Å². The molecule has 3 aliphatic carbocycles. The van der Waals surface area contributed by atoms with Crippen molar-refractivity contribution in [3.05, 3.63) is 51.2 Å². The number of ketones is 2. The number of likely N-dealkylation sites (N-methyl/N-ethyl adjacent to an activating group) is 1. The molecule has 0 saturated heterocycles. The Bertz CT molecular complexity index is 1170. The van der Waals surface area contributed by atoms with Gasteiger partial charge >= 0.3 is 0 Å². The average Bonchev–Trinajstić information content (AvgIpc) is 2.68. The number of allylic oxidation sites excluding steroid dienone is 1. The highest BCUT2D eigenvalue weighted by molar-refractivity contribution is 6.24. The van der Waals surface area contributed by atoms with Gasteiger partial charge in [0, 0.05) is 11.5 Å². The summed E-state index contributed by atoms with van der Waals surface area (Å²) >= 11 is 0. The van der Waals surface area contributed by atoms with Crippen LogP contribution in [0.3, 0.4) is 0 Å². The number of phenols is 1. The molecule has 0 radical (unpaired) electrons. The van der Waals surface area contributed by atoms with Crippen molar-refractivity contribution in [1.29, 1.82) is 0 Å². The second kappa shape index (κ2) is 6.88. The molecule has 0 aliphatic heterocycles. The first kappa shape index (κ1) is 22.0. The van der Waals surface area contributed by atoms with Gasteiger partial charge in [0.15, 0.2) is 23.0 Å². The van der Waals surface area contributed by atoms with Crippen molar-refractivity contribution in [2.45, 2.75) is 31.4 Å². The number of aliphatic hydroxyl groups is 3. The lowest BCUT2D eigenvalue weighted by atomic mass is 9.58. The lowest BCUT2D eigenvalue weighted by molar-refractivity contribution is -0.148. The predicted octanol–water partition coefficient (Wildman–Crippen LogP) is 0.568. The number of benzene rings is 1. The fourth-order valence-corrected chi connectivity index (χ4v) is 5.46. The van der Waals surface area contributed by atoms with Gasteiger partial charge in [0.1, 0.15) is 17.1 Å². The number of fused-ring (bicyclic) bond motifs is 3. The minimum absolute atomic E-state index is 0.0106. The number of amides is 1. The topological polar surface area (TPSA) is 161 Å². The summed E-state index contributed by atoms with van der Waals surface area (Å²) in [6.07, 6.45) is 0.123. The Morgan fingerprint density at radius 3 is 2.44 bits per heavy atom. The molecule has 10 heteroatoms. The summed E-state index contributed by atoms with van der Waals surface area (Å²) in [4.78, 5) is 39.8. The molecular formula is C22H23FN2O7. The predicted molar refractivity (Wildman–Crippen MR) is 108 cm³/mol. The monoisotopic (exact) mass is 446 g/mol. The summed E-state index contributed by atoms with van der Waals surface area (Å²) < 4.78 is 14.1. The SMILES string of the molecule is Cc1cc(F)c(O)c2c1C[C@H]1C[C@H]3[C@H](N(C)C)C(O)=C(C(N)=O)C(=O)[C@@]3(O)C(O)=C1C2=O. The van der Waals surface area contributed by atoms with Crippen molar-refractivity contribution in [3.8, 4) is 5.75 Å². The Labute approximate surface area is 182 Å². The Balaban J connectivity index is 1.99. The molecule has 0 aromatic heterocycles. The zero-order valence-electron chi connectivity index (χ0n) is 17.6. The van der Waals surface area contributed by atoms with Gasteiger partial charge in [0.25, 0.3) is 5.91 Å². The number of hydrogen-bond acceptors (Lipinski definition) is 8. The van der Waals surface area contributed by atoms with E-state index in [0.29, 0.717) is 11.1 Å². The molecule has 32 heavy (non-hydrogen) atoms. The van der Waals surface area contributed by atoms with E-state index in [9.17, 15) is 39.2 Å². The average molecular weight is 446 g/mol. The number of phenolic OH excluding ortho intramolecular Hbond substituents is 1. The highest BCUT2D eigenvalue weighted by Crippen LogP contribution is 2.52. The molecular weight excluding hydrogens is 423 g/mol. The van der Waals surface area contributed by atoms with Crippen LogP contribution in [0.5, 0.6) is 5.75 Å². The maximum absolute atomic E-state index is 14.1. The first-order valence-electron chi connectivity index (χ1n) is 9.99. The lowest BCUT2D eigenvalue weighted by Gasteiger charge is -2.50. The number of halogens is 1. The van der Waals surface area contributed by atoms with E-state index in [1.54, 1.807) is 21.0 Å². The van der Waals surface area contributed by atoms with Gasteiger partial charge in [-0.25, -0.2) is 4.39 Å². The molecule has 6 N–H and O–H groups in total. The van der Waals surface area contributed by atoms with Crippen LogP contribution in [0.2, 0.25) is 0 Å². The Morgan fingerprint density at radius 2 is 1.88 bits per heavy atom. The van der Waals surface area contributed by atoms with Crippen LogP contribution in [0.25, 0.3) is 0 Å². The third-order valence-corrected chi connectivity index (χ3v) is 6.90. The highest BCUT2D eigenvalue weighted by atomic mass is 19.1. The molecule has 1 amide bonds. The van der Waals surface area contributed by atoms with Gasteiger partial charge in [0.05, 0.1) is 11.6 Å². The van der Waals surface area contributed by atoms with Crippen molar-refractivity contribution < 1.29 is 39.2 Å². The van der Waals surface area contributed by atoms with Crippen molar-refractivity contribution in [2.75, 3.05) is 14.1 Å². The van der Waals surface area contributed by atoms with E-state index in [1.807, 2.05) is 0 Å². The van der Waals surface area contributed by atoms with E-state index >= 15 is 0 Å². The van der Waals surface area contributed by atoms with Crippen LogP contribution in [0, 0.1) is 24.6 Å². The number of nitrogens with zero attached hydrogens (tertiary/aromatic N) is 1. The highest BCUT2D eigenvalue weighted by Gasteiger charge is 2.63. The maximum Gasteiger partial charge on any atom is 0.255 e. The van der Waals surface area contributed by atoms with Gasteiger partial charge < -0.3 is 26.2 Å². The summed E-state index contributed by atoms with van der Waals surface area (Å²) in [5, 5.41) is 43.4. The van der Waals surface area contributed by atoms with Crippen LogP contribution >= 0.6 is 0 Å². The van der Waals surface area contributed by atoms with Crippen LogP contribution in [0.1, 0.15) is 27.9 Å². The summed E-state index contributed by atoms with van der Waals surface area (Å²) in [6, 6.07) is 0.0541. The zero-order valence-corrected chi connectivity index (χ0v) is 17.6. The summed E-state index contributed by atoms with van der Waals surface area (Å²) in [5.74, 6) is -8.77. The molecule has 0 bridgehead atoms. The number of carbonyl (C=O) groups excluding carboxylic acids is 3. The molecule has 170 valence electrons. The number of aromatic hydroxyl groups is 1. The van der Waals surface area contributed by atoms with Crippen molar-refractivity contribution in [3.63, 3.8) is 0 Å². The third kappa shape index (κ3) is 2.59. The first-order valence-corrected chi connectivity index (χ1v) is 9.99. The van der Waals surface area contributed by atoms with Gasteiger partial charge in [-0.1, -0.05) is 0 Å². The van der Waals surface area contributed by atoms with Crippen LogP contribution < -0.4 is 5.73 Å². The number of nitrogens with two attached hydrogens (primary N) is 1. The second-order valence-corrected chi connectivity index (χ2v) is 8.84.